The van der Waals surface area contributed by atoms with Crippen molar-refractivity contribution in [1.29, 1.82) is 0 Å². The van der Waals surface area contributed by atoms with E-state index in [1.807, 2.05) is 0 Å². The van der Waals surface area contributed by atoms with Crippen molar-refractivity contribution in [2.75, 3.05) is 25.0 Å². The number of amides is 1. The molecule has 10 heteroatoms. The smallest absolute Gasteiger partial charge is 0.369 e. The Hall–Kier alpha value is -2.59. The lowest BCUT2D eigenvalue weighted by Crippen LogP contribution is -2.33. The molecule has 0 aliphatic carbocycles. The molecule has 1 amide bonds. The van der Waals surface area contributed by atoms with Crippen LogP contribution in [0.2, 0.25) is 0 Å². The molecule has 1 aliphatic heterocycles. The van der Waals surface area contributed by atoms with Crippen LogP contribution < -0.4 is 10.6 Å². The number of pyridine rings is 1. The summed E-state index contributed by atoms with van der Waals surface area (Å²) < 4.78 is 43.9. The largest absolute Gasteiger partial charge is 0.451 e. The second kappa shape index (κ2) is 7.34. The van der Waals surface area contributed by atoms with E-state index in [2.05, 4.69) is 25.6 Å². The fraction of sp³-hybridized carbons (Fsp3) is 0.375. The molecule has 2 aromatic rings. The Morgan fingerprint density at radius 1 is 1.35 bits per heavy atom. The van der Waals surface area contributed by atoms with Gasteiger partial charge in [-0.1, -0.05) is 0 Å². The zero-order valence-electron chi connectivity index (χ0n) is 13.8. The Labute approximate surface area is 147 Å². The maximum absolute atomic E-state index is 12.8. The Morgan fingerprint density at radius 3 is 2.77 bits per heavy atom. The summed E-state index contributed by atoms with van der Waals surface area (Å²) in [5, 5.41) is 5.66. The van der Waals surface area contributed by atoms with Gasteiger partial charge in [0.25, 0.3) is 5.91 Å². The number of carbonyl (C=O) groups excluding carboxylic acids is 1. The van der Waals surface area contributed by atoms with Crippen molar-refractivity contribution < 1.29 is 22.7 Å². The summed E-state index contributed by atoms with van der Waals surface area (Å²) in [6.45, 7) is 3.36. The van der Waals surface area contributed by atoms with Gasteiger partial charge in [0, 0.05) is 18.8 Å². The number of aromatic nitrogens is 3. The number of aryl methyl sites for hydroxylation is 1. The molecule has 7 nitrogen and oxygen atoms in total. The lowest BCUT2D eigenvalue weighted by molar-refractivity contribution is -0.145. The predicted octanol–water partition coefficient (Wildman–Crippen LogP) is 2.11. The van der Waals surface area contributed by atoms with Crippen LogP contribution in [0.1, 0.15) is 33.8 Å². The molecule has 26 heavy (non-hydrogen) atoms. The molecule has 138 valence electrons. The summed E-state index contributed by atoms with van der Waals surface area (Å²) in [4.78, 5) is 23.0. The molecule has 0 aromatic carbocycles. The molecule has 3 rings (SSSR count). The van der Waals surface area contributed by atoms with E-state index in [0.717, 1.165) is 6.54 Å². The molecule has 0 spiro atoms. The average molecular weight is 367 g/mol. The average Bonchev–Trinajstić information content (AvgIpc) is 2.62. The van der Waals surface area contributed by atoms with Gasteiger partial charge in [0.15, 0.2) is 0 Å². The summed E-state index contributed by atoms with van der Waals surface area (Å²) in [5.74, 6) is -2.12. The molecule has 1 atom stereocenters. The van der Waals surface area contributed by atoms with Gasteiger partial charge in [-0.05, 0) is 25.1 Å². The van der Waals surface area contributed by atoms with Crippen LogP contribution in [0.3, 0.4) is 0 Å². The van der Waals surface area contributed by atoms with E-state index in [1.54, 1.807) is 12.1 Å². The number of hydrogen-bond acceptors (Lipinski definition) is 6. The van der Waals surface area contributed by atoms with Crippen molar-refractivity contribution in [2.45, 2.75) is 19.2 Å². The minimum atomic E-state index is -4.72. The van der Waals surface area contributed by atoms with Crippen molar-refractivity contribution in [3.8, 4) is 0 Å². The topological polar surface area (TPSA) is 89.0 Å². The van der Waals surface area contributed by atoms with E-state index < -0.39 is 17.9 Å². The number of halogens is 3. The zero-order valence-corrected chi connectivity index (χ0v) is 13.8. The van der Waals surface area contributed by atoms with Crippen LogP contribution in [0.5, 0.6) is 0 Å². The second-order valence-corrected chi connectivity index (χ2v) is 5.71. The number of nitrogens with one attached hydrogen (secondary N) is 2. The molecule has 0 saturated carbocycles. The first-order chi connectivity index (χ1) is 12.3. The van der Waals surface area contributed by atoms with Crippen LogP contribution in [0.25, 0.3) is 0 Å². The Bertz CT molecular complexity index is 789. The molecule has 2 aromatic heterocycles. The molecular weight excluding hydrogens is 351 g/mol. The number of morpholine rings is 1. The summed E-state index contributed by atoms with van der Waals surface area (Å²) in [6.07, 6.45) is -3.48. The van der Waals surface area contributed by atoms with E-state index in [1.165, 1.54) is 19.2 Å². The summed E-state index contributed by atoms with van der Waals surface area (Å²) >= 11 is 0. The van der Waals surface area contributed by atoms with Crippen molar-refractivity contribution in [3.05, 3.63) is 47.3 Å². The van der Waals surface area contributed by atoms with Crippen molar-refractivity contribution >= 4 is 11.6 Å². The van der Waals surface area contributed by atoms with Crippen LogP contribution in [0.4, 0.5) is 18.9 Å². The number of ether oxygens (including phenoxy) is 1. The van der Waals surface area contributed by atoms with E-state index in [0.29, 0.717) is 24.5 Å². The number of anilines is 1. The SMILES string of the molecule is Cc1cc(C(=O)Nc2ccc([C@@H]3CNCCO3)nc2)nc(C(F)(F)F)n1. The lowest BCUT2D eigenvalue weighted by Gasteiger charge is -2.23. The number of hydrogen-bond donors (Lipinski definition) is 2. The first-order valence-corrected chi connectivity index (χ1v) is 7.85. The third-order valence-corrected chi connectivity index (χ3v) is 3.64. The van der Waals surface area contributed by atoms with Gasteiger partial charge in [-0.25, -0.2) is 9.97 Å². The fourth-order valence-corrected chi connectivity index (χ4v) is 2.43. The number of nitrogens with zero attached hydrogens (tertiary/aromatic N) is 3. The number of rotatable bonds is 3. The Kier molecular flexibility index (Phi) is 5.14. The molecule has 3 heterocycles. The van der Waals surface area contributed by atoms with Crippen molar-refractivity contribution in [3.63, 3.8) is 0 Å². The van der Waals surface area contributed by atoms with E-state index >= 15 is 0 Å². The van der Waals surface area contributed by atoms with Gasteiger partial charge in [-0.2, -0.15) is 13.2 Å². The standard InChI is InChI=1S/C16H16F3N5O2/c1-9-6-12(24-15(22-9)16(17,18)19)14(25)23-10-2-3-11(21-7-10)13-8-20-4-5-26-13/h2-3,6-7,13,20H,4-5,8H2,1H3,(H,23,25)/t13-/m0/s1. The highest BCUT2D eigenvalue weighted by Crippen LogP contribution is 2.26. The third kappa shape index (κ3) is 4.33. The number of carbonyl (C=O) groups is 1. The first-order valence-electron chi connectivity index (χ1n) is 7.85. The van der Waals surface area contributed by atoms with E-state index in [4.69, 9.17) is 4.74 Å². The van der Waals surface area contributed by atoms with Crippen LogP contribution in [-0.2, 0) is 10.9 Å². The Balaban J connectivity index is 1.72. The second-order valence-electron chi connectivity index (χ2n) is 5.71. The minimum Gasteiger partial charge on any atom is -0.369 e. The van der Waals surface area contributed by atoms with Gasteiger partial charge >= 0.3 is 6.18 Å². The highest BCUT2D eigenvalue weighted by Gasteiger charge is 2.35. The molecular formula is C16H16F3N5O2. The monoisotopic (exact) mass is 367 g/mol. The fourth-order valence-electron chi connectivity index (χ4n) is 2.43. The normalized spacial score (nSPS) is 17.8. The van der Waals surface area contributed by atoms with E-state index in [-0.39, 0.29) is 17.5 Å². The summed E-state index contributed by atoms with van der Waals surface area (Å²) in [5.41, 5.74) is 0.724. The zero-order chi connectivity index (χ0) is 18.7. The Morgan fingerprint density at radius 2 is 2.15 bits per heavy atom. The molecule has 1 saturated heterocycles. The molecule has 1 fully saturated rings. The highest BCUT2D eigenvalue weighted by molar-refractivity contribution is 6.02. The van der Waals surface area contributed by atoms with Crippen molar-refractivity contribution in [2.24, 2.45) is 0 Å². The van der Waals surface area contributed by atoms with E-state index in [9.17, 15) is 18.0 Å². The van der Waals surface area contributed by atoms with Gasteiger partial charge in [-0.3, -0.25) is 9.78 Å². The summed E-state index contributed by atoms with van der Waals surface area (Å²) in [6, 6.07) is 4.49. The van der Waals surface area contributed by atoms with Gasteiger partial charge in [0.1, 0.15) is 11.8 Å². The lowest BCUT2D eigenvalue weighted by atomic mass is 10.2. The first kappa shape index (κ1) is 18.2. The molecule has 0 unspecified atom stereocenters. The highest BCUT2D eigenvalue weighted by atomic mass is 19.4. The van der Waals surface area contributed by atoms with Gasteiger partial charge in [-0.15, -0.1) is 0 Å². The number of alkyl halides is 3. The minimum absolute atomic E-state index is 0.0490. The predicted molar refractivity (Wildman–Crippen MR) is 85.5 cm³/mol. The maximum atomic E-state index is 12.8. The quantitative estimate of drug-likeness (QED) is 0.864. The molecule has 2 N–H and O–H groups in total. The van der Waals surface area contributed by atoms with Crippen LogP contribution in [0, 0.1) is 6.92 Å². The molecule has 0 radical (unpaired) electrons. The van der Waals surface area contributed by atoms with Crippen LogP contribution in [-0.4, -0.2) is 40.6 Å². The van der Waals surface area contributed by atoms with Crippen LogP contribution in [0.15, 0.2) is 24.4 Å². The van der Waals surface area contributed by atoms with Crippen molar-refractivity contribution in [1.82, 2.24) is 20.3 Å². The van der Waals surface area contributed by atoms with Gasteiger partial charge < -0.3 is 15.4 Å². The van der Waals surface area contributed by atoms with Gasteiger partial charge in [0.2, 0.25) is 5.82 Å². The molecule has 0 bridgehead atoms. The summed E-state index contributed by atoms with van der Waals surface area (Å²) in [7, 11) is 0. The third-order valence-electron chi connectivity index (χ3n) is 3.64. The van der Waals surface area contributed by atoms with Gasteiger partial charge in [0.05, 0.1) is 24.2 Å². The van der Waals surface area contributed by atoms with Crippen LogP contribution >= 0.6 is 0 Å². The molecule has 1 aliphatic rings. The maximum Gasteiger partial charge on any atom is 0.451 e.